The molecule has 32 heavy (non-hydrogen) atoms. The molecule has 8 nitrogen and oxygen atoms in total. The second-order valence-electron chi connectivity index (χ2n) is 8.99. The molecular weight excluding hydrogens is 404 g/mol. The van der Waals surface area contributed by atoms with Gasteiger partial charge in [0.05, 0.1) is 12.1 Å². The fourth-order valence-electron chi connectivity index (χ4n) is 4.90. The molecule has 0 radical (unpaired) electrons. The van der Waals surface area contributed by atoms with Crippen LogP contribution in [-0.2, 0) is 6.54 Å². The molecule has 1 aromatic carbocycles. The molecule has 0 bridgehead atoms. The quantitative estimate of drug-likeness (QED) is 0.501. The van der Waals surface area contributed by atoms with Gasteiger partial charge >= 0.3 is 0 Å². The number of aromatic amines is 1. The fraction of sp³-hybridized carbons (Fsp3) is 0.583. The molecule has 0 spiro atoms. The van der Waals surface area contributed by atoms with E-state index < -0.39 is 0 Å². The normalized spacial score (nSPS) is 15.8. The monoisotopic (exact) mass is 438 g/mol. The Labute approximate surface area is 188 Å². The highest BCUT2D eigenvalue weighted by atomic mass is 16.3. The minimum Gasteiger partial charge on any atom is -0.396 e. The third-order valence-corrected chi connectivity index (χ3v) is 6.54. The summed E-state index contributed by atoms with van der Waals surface area (Å²) >= 11 is 0. The molecular formula is C24H34N6O2. The number of rotatable bonds is 10. The summed E-state index contributed by atoms with van der Waals surface area (Å²) in [4.78, 5) is 18.2. The standard InChI is InChI=1S/C24H34N6O2/c1-3-7-22(23-26-27-28-30(23)20-8-4-5-9-20)29(12-6-13-31)16-19-15-18-14-17(2)10-11-21(18)25-24(19)32/h10-11,14-15,20,22,31H,3-9,12-13,16H2,1-2H3,(H,25,32)/t22-/m0/s1. The number of nitrogens with zero attached hydrogens (tertiary/aromatic N) is 5. The van der Waals surface area contributed by atoms with Crippen LogP contribution in [0.1, 0.15) is 80.9 Å². The average Bonchev–Trinajstić information content (AvgIpc) is 3.47. The fourth-order valence-corrected chi connectivity index (χ4v) is 4.90. The maximum atomic E-state index is 12.9. The highest BCUT2D eigenvalue weighted by Gasteiger charge is 2.29. The number of pyridine rings is 1. The van der Waals surface area contributed by atoms with Crippen molar-refractivity contribution in [3.8, 4) is 0 Å². The zero-order valence-corrected chi connectivity index (χ0v) is 19.1. The van der Waals surface area contributed by atoms with Crippen LogP contribution >= 0.6 is 0 Å². The summed E-state index contributed by atoms with van der Waals surface area (Å²) in [6, 6.07) is 8.40. The first-order valence-corrected chi connectivity index (χ1v) is 11.9. The van der Waals surface area contributed by atoms with Crippen LogP contribution in [0, 0.1) is 6.92 Å². The third-order valence-electron chi connectivity index (χ3n) is 6.54. The van der Waals surface area contributed by atoms with Crippen molar-refractivity contribution in [2.45, 2.75) is 77.4 Å². The summed E-state index contributed by atoms with van der Waals surface area (Å²) in [7, 11) is 0. The highest BCUT2D eigenvalue weighted by molar-refractivity contribution is 5.79. The summed E-state index contributed by atoms with van der Waals surface area (Å²) < 4.78 is 2.02. The number of nitrogens with one attached hydrogen (secondary N) is 1. The van der Waals surface area contributed by atoms with E-state index in [1.165, 1.54) is 12.8 Å². The number of aliphatic hydroxyl groups excluding tert-OH is 1. The van der Waals surface area contributed by atoms with Gasteiger partial charge in [-0.25, -0.2) is 4.68 Å². The van der Waals surface area contributed by atoms with E-state index in [9.17, 15) is 9.90 Å². The number of aliphatic hydroxyl groups is 1. The molecule has 1 saturated carbocycles. The Hall–Kier alpha value is -2.58. The van der Waals surface area contributed by atoms with E-state index in [1.54, 1.807) is 0 Å². The summed E-state index contributed by atoms with van der Waals surface area (Å²) in [5, 5.41) is 23.4. The molecule has 172 valence electrons. The second kappa shape index (κ2) is 10.4. The predicted octanol–water partition coefficient (Wildman–Crippen LogP) is 3.66. The number of hydrogen-bond donors (Lipinski definition) is 2. The Morgan fingerprint density at radius 1 is 1.28 bits per heavy atom. The number of tetrazole rings is 1. The van der Waals surface area contributed by atoms with Gasteiger partial charge in [0.15, 0.2) is 5.82 Å². The molecule has 4 rings (SSSR count). The Bertz CT molecular complexity index is 1090. The molecule has 1 aliphatic rings. The topological polar surface area (TPSA) is 99.9 Å². The van der Waals surface area contributed by atoms with Gasteiger partial charge in [0, 0.05) is 30.8 Å². The minimum atomic E-state index is -0.0685. The smallest absolute Gasteiger partial charge is 0.252 e. The zero-order valence-electron chi connectivity index (χ0n) is 19.1. The summed E-state index contributed by atoms with van der Waals surface area (Å²) in [5.74, 6) is 0.879. The van der Waals surface area contributed by atoms with Crippen molar-refractivity contribution in [1.82, 2.24) is 30.1 Å². The van der Waals surface area contributed by atoms with Crippen LogP contribution in [0.15, 0.2) is 29.1 Å². The van der Waals surface area contributed by atoms with E-state index >= 15 is 0 Å². The first-order valence-electron chi connectivity index (χ1n) is 11.9. The molecule has 2 heterocycles. The Morgan fingerprint density at radius 3 is 2.84 bits per heavy atom. The van der Waals surface area contributed by atoms with Crippen molar-refractivity contribution in [3.05, 3.63) is 51.6 Å². The van der Waals surface area contributed by atoms with Crippen LogP contribution in [0.4, 0.5) is 0 Å². The van der Waals surface area contributed by atoms with Crippen LogP contribution in [-0.4, -0.2) is 48.3 Å². The first kappa shape index (κ1) is 22.6. The van der Waals surface area contributed by atoms with Crippen molar-refractivity contribution in [2.24, 2.45) is 0 Å². The van der Waals surface area contributed by atoms with Crippen LogP contribution in [0.3, 0.4) is 0 Å². The van der Waals surface area contributed by atoms with Gasteiger partial charge < -0.3 is 10.1 Å². The molecule has 2 aromatic heterocycles. The van der Waals surface area contributed by atoms with E-state index in [1.807, 2.05) is 22.9 Å². The van der Waals surface area contributed by atoms with Gasteiger partial charge in [-0.1, -0.05) is 37.8 Å². The van der Waals surface area contributed by atoms with E-state index in [0.29, 0.717) is 25.6 Å². The van der Waals surface area contributed by atoms with Gasteiger partial charge in [0.25, 0.3) is 5.56 Å². The molecule has 0 unspecified atom stereocenters. The lowest BCUT2D eigenvalue weighted by Crippen LogP contribution is -2.34. The lowest BCUT2D eigenvalue weighted by atomic mass is 10.1. The number of aryl methyl sites for hydroxylation is 1. The van der Waals surface area contributed by atoms with Gasteiger partial charge in [-0.05, 0) is 66.6 Å². The van der Waals surface area contributed by atoms with Gasteiger partial charge in [-0.2, -0.15) is 0 Å². The molecule has 1 fully saturated rings. The maximum Gasteiger partial charge on any atom is 0.252 e. The second-order valence-corrected chi connectivity index (χ2v) is 8.99. The molecule has 1 atom stereocenters. The van der Waals surface area contributed by atoms with Crippen molar-refractivity contribution < 1.29 is 5.11 Å². The Morgan fingerprint density at radius 2 is 2.09 bits per heavy atom. The van der Waals surface area contributed by atoms with E-state index in [2.05, 4.69) is 45.3 Å². The molecule has 1 aliphatic carbocycles. The van der Waals surface area contributed by atoms with E-state index in [4.69, 9.17) is 0 Å². The highest BCUT2D eigenvalue weighted by Crippen LogP contribution is 2.33. The molecule has 3 aromatic rings. The van der Waals surface area contributed by atoms with Gasteiger partial charge in [-0.15, -0.1) is 5.10 Å². The van der Waals surface area contributed by atoms with Crippen molar-refractivity contribution in [3.63, 3.8) is 0 Å². The summed E-state index contributed by atoms with van der Waals surface area (Å²) in [6.07, 6.45) is 7.14. The lowest BCUT2D eigenvalue weighted by molar-refractivity contribution is 0.145. The molecule has 2 N–H and O–H groups in total. The van der Waals surface area contributed by atoms with Gasteiger partial charge in [0.1, 0.15) is 0 Å². The van der Waals surface area contributed by atoms with E-state index in [0.717, 1.165) is 53.5 Å². The van der Waals surface area contributed by atoms with Crippen molar-refractivity contribution in [2.75, 3.05) is 13.2 Å². The van der Waals surface area contributed by atoms with Crippen LogP contribution < -0.4 is 5.56 Å². The molecule has 0 amide bonds. The third kappa shape index (κ3) is 4.91. The lowest BCUT2D eigenvalue weighted by Gasteiger charge is -2.31. The number of hydrogen-bond acceptors (Lipinski definition) is 6. The Balaban J connectivity index is 1.69. The van der Waals surface area contributed by atoms with Gasteiger partial charge in [-0.3, -0.25) is 9.69 Å². The SMILES string of the molecule is CCC[C@@H](c1nnnn1C1CCCC1)N(CCCO)Cc1cc2cc(C)ccc2[nH]c1=O. The molecule has 0 saturated heterocycles. The molecule has 0 aliphatic heterocycles. The minimum absolute atomic E-state index is 0.00486. The maximum absolute atomic E-state index is 12.9. The van der Waals surface area contributed by atoms with Crippen LogP contribution in [0.25, 0.3) is 10.9 Å². The van der Waals surface area contributed by atoms with E-state index in [-0.39, 0.29) is 18.2 Å². The van der Waals surface area contributed by atoms with Crippen LogP contribution in [0.2, 0.25) is 0 Å². The first-order chi connectivity index (χ1) is 15.6. The van der Waals surface area contributed by atoms with Gasteiger partial charge in [0.2, 0.25) is 0 Å². The molecule has 8 heteroatoms. The Kier molecular flexibility index (Phi) is 7.32. The zero-order chi connectivity index (χ0) is 22.5. The van der Waals surface area contributed by atoms with Crippen molar-refractivity contribution in [1.29, 1.82) is 0 Å². The average molecular weight is 439 g/mol. The summed E-state index contributed by atoms with van der Waals surface area (Å²) in [6.45, 7) is 5.48. The summed E-state index contributed by atoms with van der Waals surface area (Å²) in [5.41, 5.74) is 2.66. The van der Waals surface area contributed by atoms with Crippen molar-refractivity contribution >= 4 is 10.9 Å². The number of aromatic nitrogens is 5. The number of H-pyrrole nitrogens is 1. The predicted molar refractivity (Wildman–Crippen MR) is 124 cm³/mol. The van der Waals surface area contributed by atoms with Crippen LogP contribution in [0.5, 0.6) is 0 Å². The largest absolute Gasteiger partial charge is 0.396 e. The number of fused-ring (bicyclic) bond motifs is 1. The number of benzene rings is 1.